The van der Waals surface area contributed by atoms with E-state index in [9.17, 15) is 9.59 Å². The molecule has 24 heavy (non-hydrogen) atoms. The van der Waals surface area contributed by atoms with Crippen LogP contribution in [-0.4, -0.2) is 40.2 Å². The topological polar surface area (TPSA) is 55.8 Å². The van der Waals surface area contributed by atoms with Crippen molar-refractivity contribution < 1.29 is 19.1 Å². The maximum absolute atomic E-state index is 12.5. The van der Waals surface area contributed by atoms with Gasteiger partial charge >= 0.3 is 12.1 Å². The maximum atomic E-state index is 12.5. The Balaban J connectivity index is 2.25. The van der Waals surface area contributed by atoms with E-state index >= 15 is 0 Å². The molecule has 5 nitrogen and oxygen atoms in total. The van der Waals surface area contributed by atoms with E-state index in [4.69, 9.17) is 21.1 Å². The van der Waals surface area contributed by atoms with Gasteiger partial charge in [0.1, 0.15) is 11.0 Å². The van der Waals surface area contributed by atoms with Crippen LogP contribution >= 0.6 is 23.4 Å². The highest BCUT2D eigenvalue weighted by Crippen LogP contribution is 2.37. The Morgan fingerprint density at radius 3 is 2.46 bits per heavy atom. The van der Waals surface area contributed by atoms with E-state index in [2.05, 4.69) is 0 Å². The molecule has 0 aliphatic carbocycles. The van der Waals surface area contributed by atoms with Crippen LogP contribution in [0.3, 0.4) is 0 Å². The number of nitrogens with zero attached hydrogens (tertiary/aromatic N) is 1. The third-order valence-electron chi connectivity index (χ3n) is 3.31. The molecule has 0 radical (unpaired) electrons. The van der Waals surface area contributed by atoms with Gasteiger partial charge in [0, 0.05) is 24.2 Å². The lowest BCUT2D eigenvalue weighted by atomic mass is 10.1. The maximum Gasteiger partial charge on any atom is 0.411 e. The molecule has 1 amide bonds. The van der Waals surface area contributed by atoms with Crippen LogP contribution in [0.5, 0.6) is 0 Å². The lowest BCUT2D eigenvalue weighted by Crippen LogP contribution is -2.42. The van der Waals surface area contributed by atoms with Gasteiger partial charge in [0.2, 0.25) is 0 Å². The highest BCUT2D eigenvalue weighted by Gasteiger charge is 2.40. The standard InChI is InChI=1S/C17H22ClNO4S/c1-11(20)22-14(12-5-7-13(18)8-6-12)15-19(9-10-24-15)16(21)23-17(2,3)4/h5-8,14-15H,9-10H2,1-4H3/t14-,15+/m0/s1. The Labute approximate surface area is 151 Å². The molecule has 0 aromatic heterocycles. The van der Waals surface area contributed by atoms with Gasteiger partial charge in [-0.1, -0.05) is 23.7 Å². The molecule has 0 N–H and O–H groups in total. The number of hydrogen-bond acceptors (Lipinski definition) is 5. The van der Waals surface area contributed by atoms with Crippen molar-refractivity contribution in [1.82, 2.24) is 4.90 Å². The van der Waals surface area contributed by atoms with Crippen LogP contribution in [0.1, 0.15) is 39.4 Å². The summed E-state index contributed by atoms with van der Waals surface area (Å²) in [6.07, 6.45) is -0.969. The van der Waals surface area contributed by atoms with Crippen molar-refractivity contribution in [3.05, 3.63) is 34.9 Å². The van der Waals surface area contributed by atoms with E-state index in [-0.39, 0.29) is 5.37 Å². The molecule has 0 bridgehead atoms. The number of benzene rings is 1. The van der Waals surface area contributed by atoms with E-state index in [0.717, 1.165) is 11.3 Å². The molecule has 1 aromatic rings. The number of hydrogen-bond donors (Lipinski definition) is 0. The molecule has 132 valence electrons. The third-order valence-corrected chi connectivity index (χ3v) is 4.82. The Bertz CT molecular complexity index is 600. The van der Waals surface area contributed by atoms with Crippen LogP contribution in [-0.2, 0) is 14.3 Å². The molecule has 2 rings (SSSR count). The first-order chi connectivity index (χ1) is 11.2. The number of carbonyl (C=O) groups is 2. The minimum atomic E-state index is -0.577. The summed E-state index contributed by atoms with van der Waals surface area (Å²) < 4.78 is 11.0. The van der Waals surface area contributed by atoms with Gasteiger partial charge in [-0.05, 0) is 38.5 Å². The average Bonchev–Trinajstić information content (AvgIpc) is 2.93. The van der Waals surface area contributed by atoms with Crippen LogP contribution in [0.25, 0.3) is 0 Å². The van der Waals surface area contributed by atoms with Crippen molar-refractivity contribution in [2.75, 3.05) is 12.3 Å². The molecule has 1 heterocycles. The van der Waals surface area contributed by atoms with Gasteiger partial charge in [-0.3, -0.25) is 9.69 Å². The van der Waals surface area contributed by atoms with E-state index in [1.807, 2.05) is 32.9 Å². The second-order valence-electron chi connectivity index (χ2n) is 6.52. The first-order valence-corrected chi connectivity index (χ1v) is 9.14. The zero-order valence-electron chi connectivity index (χ0n) is 14.2. The fourth-order valence-corrected chi connectivity index (χ4v) is 3.81. The summed E-state index contributed by atoms with van der Waals surface area (Å²) in [5, 5.41) is 0.272. The van der Waals surface area contributed by atoms with E-state index in [1.54, 1.807) is 28.8 Å². The number of thioether (sulfide) groups is 1. The summed E-state index contributed by atoms with van der Waals surface area (Å²) in [5.74, 6) is 0.363. The fraction of sp³-hybridized carbons (Fsp3) is 0.529. The first kappa shape index (κ1) is 18.9. The summed E-state index contributed by atoms with van der Waals surface area (Å²) in [5.41, 5.74) is 0.217. The number of esters is 1. The van der Waals surface area contributed by atoms with Gasteiger partial charge in [-0.15, -0.1) is 11.8 Å². The number of rotatable bonds is 3. The lowest BCUT2D eigenvalue weighted by molar-refractivity contribution is -0.148. The third kappa shape index (κ3) is 5.05. The minimum Gasteiger partial charge on any atom is -0.455 e. The normalized spacial score (nSPS) is 19.0. The summed E-state index contributed by atoms with van der Waals surface area (Å²) >= 11 is 7.50. The van der Waals surface area contributed by atoms with Crippen LogP contribution in [0.2, 0.25) is 5.02 Å². The molecule has 0 unspecified atom stereocenters. The van der Waals surface area contributed by atoms with Crippen LogP contribution < -0.4 is 0 Å². The lowest BCUT2D eigenvalue weighted by Gasteiger charge is -2.32. The van der Waals surface area contributed by atoms with Crippen molar-refractivity contribution in [2.45, 2.75) is 44.8 Å². The summed E-state index contributed by atoms with van der Waals surface area (Å²) in [4.78, 5) is 25.7. The Kier molecular flexibility index (Phi) is 6.04. The molecule has 1 aromatic carbocycles. The van der Waals surface area contributed by atoms with Gasteiger partial charge in [-0.2, -0.15) is 0 Å². The molecular formula is C17H22ClNO4S. The van der Waals surface area contributed by atoms with Crippen molar-refractivity contribution in [3.8, 4) is 0 Å². The molecule has 1 saturated heterocycles. The summed E-state index contributed by atoms with van der Waals surface area (Å²) in [6, 6.07) is 7.10. The Morgan fingerprint density at radius 1 is 1.29 bits per heavy atom. The second-order valence-corrected chi connectivity index (χ2v) is 8.18. The number of amides is 1. The van der Waals surface area contributed by atoms with Crippen molar-refractivity contribution in [1.29, 1.82) is 0 Å². The summed E-state index contributed by atoms with van der Waals surface area (Å²) in [7, 11) is 0. The van der Waals surface area contributed by atoms with Crippen LogP contribution in [0.4, 0.5) is 4.79 Å². The van der Waals surface area contributed by atoms with Gasteiger partial charge in [0.25, 0.3) is 0 Å². The molecule has 0 saturated carbocycles. The van der Waals surface area contributed by atoms with Crippen LogP contribution in [0.15, 0.2) is 24.3 Å². The number of halogens is 1. The monoisotopic (exact) mass is 371 g/mol. The van der Waals surface area contributed by atoms with Gasteiger partial charge in [0.05, 0.1) is 0 Å². The van der Waals surface area contributed by atoms with Crippen LogP contribution in [0, 0.1) is 0 Å². The van der Waals surface area contributed by atoms with Gasteiger partial charge in [-0.25, -0.2) is 4.79 Å². The van der Waals surface area contributed by atoms with Gasteiger partial charge < -0.3 is 9.47 Å². The first-order valence-electron chi connectivity index (χ1n) is 7.71. The smallest absolute Gasteiger partial charge is 0.411 e. The highest BCUT2D eigenvalue weighted by atomic mass is 35.5. The molecule has 1 aliphatic rings. The average molecular weight is 372 g/mol. The van der Waals surface area contributed by atoms with E-state index < -0.39 is 23.8 Å². The quantitative estimate of drug-likeness (QED) is 0.743. The van der Waals surface area contributed by atoms with E-state index in [1.165, 1.54) is 6.92 Å². The highest BCUT2D eigenvalue weighted by molar-refractivity contribution is 8.00. The molecular weight excluding hydrogens is 350 g/mol. The van der Waals surface area contributed by atoms with Crippen molar-refractivity contribution >= 4 is 35.4 Å². The van der Waals surface area contributed by atoms with Crippen molar-refractivity contribution in [3.63, 3.8) is 0 Å². The molecule has 1 aliphatic heterocycles. The molecule has 1 fully saturated rings. The van der Waals surface area contributed by atoms with Gasteiger partial charge in [0.15, 0.2) is 6.10 Å². The predicted molar refractivity (Wildman–Crippen MR) is 95.1 cm³/mol. The number of ether oxygens (including phenoxy) is 2. The number of carbonyl (C=O) groups excluding carboxylic acids is 2. The zero-order valence-corrected chi connectivity index (χ0v) is 15.8. The summed E-state index contributed by atoms with van der Waals surface area (Å²) in [6.45, 7) is 7.39. The minimum absolute atomic E-state index is 0.329. The van der Waals surface area contributed by atoms with E-state index in [0.29, 0.717) is 11.6 Å². The largest absolute Gasteiger partial charge is 0.455 e. The Hall–Kier alpha value is -1.40. The SMILES string of the molecule is CC(=O)O[C@@H](c1ccc(Cl)cc1)[C@H]1SCCN1C(=O)OC(C)(C)C. The second kappa shape index (κ2) is 7.66. The molecule has 7 heteroatoms. The fourth-order valence-electron chi connectivity index (χ4n) is 2.38. The van der Waals surface area contributed by atoms with Crippen molar-refractivity contribution in [2.24, 2.45) is 0 Å². The Morgan fingerprint density at radius 2 is 1.92 bits per heavy atom. The predicted octanol–water partition coefficient (Wildman–Crippen LogP) is 4.25. The molecule has 0 spiro atoms. The molecule has 2 atom stereocenters. The zero-order chi connectivity index (χ0) is 17.9.